The lowest BCUT2D eigenvalue weighted by Crippen LogP contribution is -2.38. The molecule has 2 aromatic carbocycles. The zero-order valence-corrected chi connectivity index (χ0v) is 14.4. The zero-order valence-electron chi connectivity index (χ0n) is 14.4. The van der Waals surface area contributed by atoms with Crippen molar-refractivity contribution in [1.29, 1.82) is 0 Å². The van der Waals surface area contributed by atoms with Crippen LogP contribution in [0.15, 0.2) is 54.6 Å². The van der Waals surface area contributed by atoms with Crippen LogP contribution in [0.4, 0.5) is 18.9 Å². The van der Waals surface area contributed by atoms with Crippen LogP contribution in [0.25, 0.3) is 0 Å². The van der Waals surface area contributed by atoms with Crippen LogP contribution in [0.5, 0.6) is 0 Å². The lowest BCUT2D eigenvalue weighted by molar-refractivity contribution is -0.137. The summed E-state index contributed by atoms with van der Waals surface area (Å²) in [7, 11) is 0. The summed E-state index contributed by atoms with van der Waals surface area (Å²) in [4.78, 5) is 25.5. The van der Waals surface area contributed by atoms with E-state index in [1.54, 1.807) is 0 Å². The molecule has 4 nitrogen and oxygen atoms in total. The first-order valence-electron chi connectivity index (χ1n) is 7.97. The number of carbonyl (C=O) groups excluding carboxylic acids is 2. The fourth-order valence-electron chi connectivity index (χ4n) is 2.53. The number of benzene rings is 2. The molecule has 2 aromatic rings. The van der Waals surface area contributed by atoms with Crippen molar-refractivity contribution < 1.29 is 22.8 Å². The van der Waals surface area contributed by atoms with E-state index in [1.165, 1.54) is 24.0 Å². The van der Waals surface area contributed by atoms with Crippen LogP contribution >= 0.6 is 0 Å². The molecule has 7 heteroatoms. The van der Waals surface area contributed by atoms with Crippen LogP contribution in [0.1, 0.15) is 31.0 Å². The second-order valence-corrected chi connectivity index (χ2v) is 5.86. The van der Waals surface area contributed by atoms with Gasteiger partial charge >= 0.3 is 6.18 Å². The van der Waals surface area contributed by atoms with E-state index in [-0.39, 0.29) is 24.2 Å². The summed E-state index contributed by atoms with van der Waals surface area (Å²) < 4.78 is 37.7. The molecule has 0 aliphatic carbocycles. The molecular formula is C19H19F3N2O2. The number of nitrogens with one attached hydrogen (secondary N) is 1. The van der Waals surface area contributed by atoms with Crippen molar-refractivity contribution in [2.75, 3.05) is 11.9 Å². The predicted octanol–water partition coefficient (Wildman–Crippen LogP) is 4.25. The first-order chi connectivity index (χ1) is 12.2. The van der Waals surface area contributed by atoms with Crippen LogP contribution in [0.2, 0.25) is 0 Å². The highest BCUT2D eigenvalue weighted by Gasteiger charge is 2.30. The van der Waals surface area contributed by atoms with Gasteiger partial charge in [-0.3, -0.25) is 9.59 Å². The van der Waals surface area contributed by atoms with Gasteiger partial charge in [0.15, 0.2) is 0 Å². The van der Waals surface area contributed by atoms with Crippen molar-refractivity contribution in [1.82, 2.24) is 4.90 Å². The Kier molecular flexibility index (Phi) is 6.02. The van der Waals surface area contributed by atoms with E-state index in [1.807, 2.05) is 37.3 Å². The van der Waals surface area contributed by atoms with E-state index < -0.39 is 17.6 Å². The van der Waals surface area contributed by atoms with Gasteiger partial charge in [-0.05, 0) is 36.8 Å². The smallest absolute Gasteiger partial charge is 0.327 e. The molecule has 1 N–H and O–H groups in total. The number of anilines is 1. The highest BCUT2D eigenvalue weighted by Crippen LogP contribution is 2.29. The van der Waals surface area contributed by atoms with Crippen molar-refractivity contribution in [3.05, 3.63) is 65.7 Å². The van der Waals surface area contributed by atoms with Gasteiger partial charge < -0.3 is 10.2 Å². The van der Waals surface area contributed by atoms with Crippen molar-refractivity contribution >= 4 is 17.5 Å². The number of alkyl halides is 3. The zero-order chi connectivity index (χ0) is 19.3. The third kappa shape index (κ3) is 5.08. The normalized spacial score (nSPS) is 12.3. The van der Waals surface area contributed by atoms with Gasteiger partial charge in [-0.2, -0.15) is 13.2 Å². The maximum atomic E-state index is 12.6. The minimum absolute atomic E-state index is 0.202. The molecule has 0 saturated heterocycles. The molecule has 0 radical (unpaired) electrons. The highest BCUT2D eigenvalue weighted by molar-refractivity contribution is 5.94. The SMILES string of the molecule is CC(=O)N(CC(=O)Nc1ccc(C(F)(F)F)cc1)C(C)c1ccccc1. The molecule has 2 amide bonds. The van der Waals surface area contributed by atoms with Crippen LogP contribution in [-0.4, -0.2) is 23.3 Å². The first-order valence-corrected chi connectivity index (χ1v) is 7.97. The minimum Gasteiger partial charge on any atom is -0.327 e. The van der Waals surface area contributed by atoms with Gasteiger partial charge in [0.1, 0.15) is 6.54 Å². The van der Waals surface area contributed by atoms with Crippen molar-refractivity contribution in [2.45, 2.75) is 26.1 Å². The van der Waals surface area contributed by atoms with Crippen molar-refractivity contribution in [3.63, 3.8) is 0 Å². The molecule has 1 atom stereocenters. The summed E-state index contributed by atoms with van der Waals surface area (Å²) in [6.45, 7) is 2.97. The summed E-state index contributed by atoms with van der Waals surface area (Å²) in [5, 5.41) is 2.51. The Morgan fingerprint density at radius 2 is 1.62 bits per heavy atom. The number of amides is 2. The van der Waals surface area contributed by atoms with E-state index >= 15 is 0 Å². The van der Waals surface area contributed by atoms with E-state index in [0.29, 0.717) is 0 Å². The lowest BCUT2D eigenvalue weighted by Gasteiger charge is -2.28. The summed E-state index contributed by atoms with van der Waals surface area (Å²) in [5.41, 5.74) is 0.322. The summed E-state index contributed by atoms with van der Waals surface area (Å²) >= 11 is 0. The summed E-state index contributed by atoms with van der Waals surface area (Å²) in [6.07, 6.45) is -4.43. The highest BCUT2D eigenvalue weighted by atomic mass is 19.4. The van der Waals surface area contributed by atoms with E-state index in [4.69, 9.17) is 0 Å². The van der Waals surface area contributed by atoms with E-state index in [0.717, 1.165) is 17.7 Å². The number of halogens is 3. The molecule has 0 aliphatic heterocycles. The fraction of sp³-hybridized carbons (Fsp3) is 0.263. The third-order valence-electron chi connectivity index (χ3n) is 3.96. The summed E-state index contributed by atoms with van der Waals surface area (Å²) in [5.74, 6) is -0.758. The maximum Gasteiger partial charge on any atom is 0.416 e. The maximum absolute atomic E-state index is 12.6. The van der Waals surface area contributed by atoms with Crippen LogP contribution < -0.4 is 5.32 Å². The first kappa shape index (κ1) is 19.5. The minimum atomic E-state index is -4.43. The molecule has 0 heterocycles. The molecule has 138 valence electrons. The molecule has 0 fully saturated rings. The molecule has 0 spiro atoms. The molecular weight excluding hydrogens is 345 g/mol. The Labute approximate surface area is 149 Å². The van der Waals surface area contributed by atoms with Crippen LogP contribution in [0.3, 0.4) is 0 Å². The number of nitrogens with zero attached hydrogens (tertiary/aromatic N) is 1. The number of hydrogen-bond donors (Lipinski definition) is 1. The van der Waals surface area contributed by atoms with Crippen molar-refractivity contribution in [2.24, 2.45) is 0 Å². The van der Waals surface area contributed by atoms with Crippen LogP contribution in [0, 0.1) is 0 Å². The Morgan fingerprint density at radius 3 is 2.12 bits per heavy atom. The molecule has 0 aliphatic rings. The number of hydrogen-bond acceptors (Lipinski definition) is 2. The number of rotatable bonds is 5. The van der Waals surface area contributed by atoms with Gasteiger partial charge in [-0.15, -0.1) is 0 Å². The van der Waals surface area contributed by atoms with Gasteiger partial charge in [0, 0.05) is 12.6 Å². The predicted molar refractivity (Wildman–Crippen MR) is 92.3 cm³/mol. The van der Waals surface area contributed by atoms with Crippen molar-refractivity contribution in [3.8, 4) is 0 Å². The second kappa shape index (κ2) is 8.03. The van der Waals surface area contributed by atoms with Gasteiger partial charge in [0.25, 0.3) is 0 Å². The van der Waals surface area contributed by atoms with Gasteiger partial charge in [0.05, 0.1) is 11.6 Å². The van der Waals surface area contributed by atoms with Gasteiger partial charge in [0.2, 0.25) is 11.8 Å². The van der Waals surface area contributed by atoms with E-state index in [9.17, 15) is 22.8 Å². The fourth-order valence-corrected chi connectivity index (χ4v) is 2.53. The summed E-state index contributed by atoms with van der Waals surface area (Å²) in [6, 6.07) is 13.1. The standard InChI is InChI=1S/C19H19F3N2O2/c1-13(15-6-4-3-5-7-15)24(14(2)25)12-18(26)23-17-10-8-16(9-11-17)19(20,21)22/h3-11,13H,12H2,1-2H3,(H,23,26). The number of carbonyl (C=O) groups is 2. The average Bonchev–Trinajstić information content (AvgIpc) is 2.59. The average molecular weight is 364 g/mol. The Balaban J connectivity index is 2.05. The molecule has 0 saturated carbocycles. The second-order valence-electron chi connectivity index (χ2n) is 5.86. The quantitative estimate of drug-likeness (QED) is 0.862. The van der Waals surface area contributed by atoms with Gasteiger partial charge in [-0.1, -0.05) is 30.3 Å². The van der Waals surface area contributed by atoms with Crippen LogP contribution in [-0.2, 0) is 15.8 Å². The van der Waals surface area contributed by atoms with E-state index in [2.05, 4.69) is 5.32 Å². The monoisotopic (exact) mass is 364 g/mol. The molecule has 2 rings (SSSR count). The Hall–Kier alpha value is -2.83. The van der Waals surface area contributed by atoms with Gasteiger partial charge in [-0.25, -0.2) is 0 Å². The topological polar surface area (TPSA) is 49.4 Å². The third-order valence-corrected chi connectivity index (χ3v) is 3.96. The Bertz CT molecular complexity index is 759. The largest absolute Gasteiger partial charge is 0.416 e. The lowest BCUT2D eigenvalue weighted by atomic mass is 10.1. The molecule has 26 heavy (non-hydrogen) atoms. The molecule has 0 aromatic heterocycles. The molecule has 1 unspecified atom stereocenters. The Morgan fingerprint density at radius 1 is 1.04 bits per heavy atom. The molecule has 0 bridgehead atoms.